The Kier molecular flexibility index (Phi) is 6.37. The Morgan fingerprint density at radius 3 is 2.57 bits per heavy atom. The summed E-state index contributed by atoms with van der Waals surface area (Å²) in [4.78, 5) is 37.7. The topological polar surface area (TPSA) is 102 Å². The van der Waals surface area contributed by atoms with Crippen molar-refractivity contribution in [1.29, 1.82) is 5.26 Å². The van der Waals surface area contributed by atoms with Crippen molar-refractivity contribution >= 4 is 45.6 Å². The first-order valence-electron chi connectivity index (χ1n) is 12.6. The molecule has 0 atom stereocenters. The van der Waals surface area contributed by atoms with E-state index < -0.39 is 5.91 Å². The number of imide groups is 1. The highest BCUT2D eigenvalue weighted by atomic mass is 32.2. The van der Waals surface area contributed by atoms with Crippen molar-refractivity contribution in [3.8, 4) is 17.3 Å². The van der Waals surface area contributed by atoms with E-state index in [0.717, 1.165) is 77.4 Å². The molecule has 2 amide bonds. The summed E-state index contributed by atoms with van der Waals surface area (Å²) in [5, 5.41) is 12.7. The summed E-state index contributed by atoms with van der Waals surface area (Å²) in [5.74, 6) is -0.391. The number of carbonyl (C=O) groups excluding carboxylic acids is 2. The zero-order valence-electron chi connectivity index (χ0n) is 20.3. The van der Waals surface area contributed by atoms with Gasteiger partial charge in [0.2, 0.25) is 0 Å². The fourth-order valence-electron chi connectivity index (χ4n) is 5.61. The number of piperazine rings is 1. The number of hydrogen-bond acceptors (Lipinski definition) is 8. The van der Waals surface area contributed by atoms with E-state index in [-0.39, 0.29) is 5.24 Å². The van der Waals surface area contributed by atoms with Gasteiger partial charge in [-0.1, -0.05) is 25.0 Å². The molecule has 0 bridgehead atoms. The molecule has 0 unspecified atom stereocenters. The molecule has 1 saturated carbocycles. The molecular formula is C28H26N6O2S. The molecule has 6 rings (SSSR count). The quantitative estimate of drug-likeness (QED) is 0.510. The van der Waals surface area contributed by atoms with Crippen molar-refractivity contribution in [2.75, 3.05) is 31.1 Å². The first-order valence-corrected chi connectivity index (χ1v) is 13.4. The third kappa shape index (κ3) is 4.70. The molecule has 2 saturated heterocycles. The Balaban J connectivity index is 1.29. The predicted molar refractivity (Wildman–Crippen MR) is 145 cm³/mol. The van der Waals surface area contributed by atoms with E-state index in [1.807, 2.05) is 36.4 Å². The van der Waals surface area contributed by atoms with Gasteiger partial charge in [-0.2, -0.15) is 5.26 Å². The van der Waals surface area contributed by atoms with Gasteiger partial charge in [-0.3, -0.25) is 19.8 Å². The van der Waals surface area contributed by atoms with Crippen molar-refractivity contribution in [1.82, 2.24) is 20.2 Å². The second-order valence-electron chi connectivity index (χ2n) is 9.66. The normalized spacial score (nSPS) is 20.1. The zero-order valence-corrected chi connectivity index (χ0v) is 21.1. The smallest absolute Gasteiger partial charge is 0.290 e. The third-order valence-electron chi connectivity index (χ3n) is 7.49. The molecule has 3 heterocycles. The maximum atomic E-state index is 12.0. The van der Waals surface area contributed by atoms with Crippen LogP contribution in [0.15, 0.2) is 47.6 Å². The van der Waals surface area contributed by atoms with Crippen molar-refractivity contribution in [2.45, 2.75) is 31.7 Å². The highest BCUT2D eigenvalue weighted by molar-refractivity contribution is 8.18. The fourth-order valence-corrected chi connectivity index (χ4v) is 6.29. The average molecular weight is 511 g/mol. The Morgan fingerprint density at radius 2 is 1.84 bits per heavy atom. The van der Waals surface area contributed by atoms with Gasteiger partial charge in [-0.25, -0.2) is 9.97 Å². The molecule has 9 heteroatoms. The van der Waals surface area contributed by atoms with Gasteiger partial charge in [0.1, 0.15) is 12.4 Å². The number of thioether (sulfide) groups is 1. The molecule has 0 radical (unpaired) electrons. The molecule has 2 aliphatic heterocycles. The lowest BCUT2D eigenvalue weighted by molar-refractivity contribution is -0.115. The van der Waals surface area contributed by atoms with Crippen LogP contribution in [0.5, 0.6) is 0 Å². The highest BCUT2D eigenvalue weighted by Crippen LogP contribution is 2.33. The molecule has 8 nitrogen and oxygen atoms in total. The summed E-state index contributed by atoms with van der Waals surface area (Å²) in [6.07, 6.45) is 8.53. The number of hydrogen-bond donors (Lipinski definition) is 1. The van der Waals surface area contributed by atoms with Crippen LogP contribution in [0.25, 0.3) is 28.2 Å². The third-order valence-corrected chi connectivity index (χ3v) is 8.30. The van der Waals surface area contributed by atoms with Crippen LogP contribution >= 0.6 is 11.8 Å². The number of amides is 2. The molecule has 0 spiro atoms. The van der Waals surface area contributed by atoms with Gasteiger partial charge in [0.15, 0.2) is 0 Å². The van der Waals surface area contributed by atoms with E-state index >= 15 is 0 Å². The standard InChI is InChI=1S/C28H26N6O2S/c29-16-20-15-19(6-8-24(20)34-11-9-33(10-12-34)21-3-1-2-4-21)26-22-13-18(5-7-23(22)30-17-31-26)14-25-27(35)32-28(36)37-25/h5-8,13-15,17,21H,1-4,9-12H2,(H,32,35,36). The van der Waals surface area contributed by atoms with E-state index in [1.165, 1.54) is 32.0 Å². The molecule has 3 fully saturated rings. The van der Waals surface area contributed by atoms with E-state index in [2.05, 4.69) is 31.2 Å². The first kappa shape index (κ1) is 23.6. The molecule has 1 N–H and O–H groups in total. The summed E-state index contributed by atoms with van der Waals surface area (Å²) in [6, 6.07) is 14.7. The second-order valence-corrected chi connectivity index (χ2v) is 10.7. The van der Waals surface area contributed by atoms with Gasteiger partial charge in [0.25, 0.3) is 11.1 Å². The van der Waals surface area contributed by atoms with E-state index in [1.54, 1.807) is 6.08 Å². The molecule has 3 aromatic rings. The number of benzene rings is 2. The number of nitriles is 1. The summed E-state index contributed by atoms with van der Waals surface area (Å²) < 4.78 is 0. The monoisotopic (exact) mass is 510 g/mol. The molecule has 2 aromatic carbocycles. The number of anilines is 1. The van der Waals surface area contributed by atoms with Crippen LogP contribution in [0, 0.1) is 11.3 Å². The highest BCUT2D eigenvalue weighted by Gasteiger charge is 2.27. The summed E-state index contributed by atoms with van der Waals surface area (Å²) in [7, 11) is 0. The molecule has 37 heavy (non-hydrogen) atoms. The van der Waals surface area contributed by atoms with Crippen LogP contribution in [0.4, 0.5) is 10.5 Å². The number of aromatic nitrogens is 2. The van der Waals surface area contributed by atoms with Gasteiger partial charge in [-0.05, 0) is 60.5 Å². The fraction of sp³-hybridized carbons (Fsp3) is 0.321. The van der Waals surface area contributed by atoms with Crippen LogP contribution in [0.3, 0.4) is 0 Å². The Morgan fingerprint density at radius 1 is 1.03 bits per heavy atom. The number of rotatable bonds is 4. The molecule has 3 aliphatic rings. The number of nitrogens with one attached hydrogen (secondary N) is 1. The number of fused-ring (bicyclic) bond motifs is 1. The zero-order chi connectivity index (χ0) is 25.4. The van der Waals surface area contributed by atoms with Gasteiger partial charge in [0, 0.05) is 43.2 Å². The molecule has 1 aromatic heterocycles. The second kappa shape index (κ2) is 9.96. The maximum absolute atomic E-state index is 12.0. The average Bonchev–Trinajstić information content (AvgIpc) is 3.57. The van der Waals surface area contributed by atoms with E-state index in [0.29, 0.717) is 10.5 Å². The van der Waals surface area contributed by atoms with Gasteiger partial charge in [-0.15, -0.1) is 0 Å². The lowest BCUT2D eigenvalue weighted by atomic mass is 10.0. The molecular weight excluding hydrogens is 484 g/mol. The Bertz CT molecular complexity index is 1470. The lowest BCUT2D eigenvalue weighted by Crippen LogP contribution is -2.49. The molecule has 1 aliphatic carbocycles. The first-order chi connectivity index (χ1) is 18.1. The number of carbonyl (C=O) groups is 2. The minimum absolute atomic E-state index is 0.354. The summed E-state index contributed by atoms with van der Waals surface area (Å²) >= 11 is 0.888. The van der Waals surface area contributed by atoms with Crippen molar-refractivity contribution in [3.63, 3.8) is 0 Å². The van der Waals surface area contributed by atoms with Gasteiger partial charge >= 0.3 is 0 Å². The minimum atomic E-state index is -0.391. The van der Waals surface area contributed by atoms with Crippen molar-refractivity contribution < 1.29 is 9.59 Å². The predicted octanol–water partition coefficient (Wildman–Crippen LogP) is 4.56. The van der Waals surface area contributed by atoms with Crippen molar-refractivity contribution in [2.24, 2.45) is 0 Å². The van der Waals surface area contributed by atoms with E-state index in [4.69, 9.17) is 0 Å². The van der Waals surface area contributed by atoms with E-state index in [9.17, 15) is 14.9 Å². The van der Waals surface area contributed by atoms with Crippen LogP contribution in [0.2, 0.25) is 0 Å². The number of nitrogens with zero attached hydrogens (tertiary/aromatic N) is 5. The van der Waals surface area contributed by atoms with Gasteiger partial charge in [0.05, 0.1) is 27.4 Å². The minimum Gasteiger partial charge on any atom is -0.368 e. The van der Waals surface area contributed by atoms with Crippen LogP contribution in [0.1, 0.15) is 36.8 Å². The lowest BCUT2D eigenvalue weighted by Gasteiger charge is -2.39. The SMILES string of the molecule is N#Cc1cc(-c2ncnc3ccc(C=C4SC(=O)NC4=O)cc23)ccc1N1CCN(C2CCCC2)CC1. The Labute approximate surface area is 219 Å². The largest absolute Gasteiger partial charge is 0.368 e. The molecule has 186 valence electrons. The Hall–Kier alpha value is -3.74. The maximum Gasteiger partial charge on any atom is 0.290 e. The summed E-state index contributed by atoms with van der Waals surface area (Å²) in [5.41, 5.74) is 4.69. The van der Waals surface area contributed by atoms with Crippen LogP contribution < -0.4 is 10.2 Å². The van der Waals surface area contributed by atoms with Crippen LogP contribution in [-0.4, -0.2) is 58.2 Å². The van der Waals surface area contributed by atoms with Crippen molar-refractivity contribution in [3.05, 3.63) is 58.8 Å². The van der Waals surface area contributed by atoms with Crippen LogP contribution in [-0.2, 0) is 4.79 Å². The summed E-state index contributed by atoms with van der Waals surface area (Å²) in [6.45, 7) is 3.92. The van der Waals surface area contributed by atoms with Gasteiger partial charge < -0.3 is 4.90 Å².